The van der Waals surface area contributed by atoms with Crippen molar-refractivity contribution in [3.63, 3.8) is 0 Å². The van der Waals surface area contributed by atoms with E-state index in [1.165, 1.54) is 0 Å². The first-order valence-electron chi connectivity index (χ1n) is 5.89. The van der Waals surface area contributed by atoms with Crippen molar-refractivity contribution < 1.29 is 40.9 Å². The maximum Gasteiger partial charge on any atom is 0.573 e. The average molecular weight is 316 g/mol. The molecule has 9 heteroatoms. The summed E-state index contributed by atoms with van der Waals surface area (Å²) in [5, 5.41) is 9.88. The average Bonchev–Trinajstić information content (AvgIpc) is 3.10. The van der Waals surface area contributed by atoms with Gasteiger partial charge in [0.1, 0.15) is 0 Å². The minimum atomic E-state index is -5.21. The number of hydrogen-bond acceptors (Lipinski definition) is 3. The Balaban J connectivity index is 2.41. The number of alkyl halides is 6. The SMILES string of the molecule is OC(c1cccc(OC(F)(F)F)c1OC(F)(F)F)C1CC1. The van der Waals surface area contributed by atoms with Crippen molar-refractivity contribution in [1.29, 1.82) is 0 Å². The van der Waals surface area contributed by atoms with Gasteiger partial charge in [-0.3, -0.25) is 0 Å². The number of para-hydroxylation sites is 1. The molecule has 1 aromatic rings. The van der Waals surface area contributed by atoms with Crippen LogP contribution in [0.2, 0.25) is 0 Å². The highest BCUT2D eigenvalue weighted by atomic mass is 19.4. The molecule has 0 heterocycles. The van der Waals surface area contributed by atoms with Gasteiger partial charge in [0.2, 0.25) is 0 Å². The molecule has 0 aliphatic heterocycles. The Morgan fingerprint density at radius 2 is 1.57 bits per heavy atom. The maximum atomic E-state index is 12.4. The van der Waals surface area contributed by atoms with Crippen LogP contribution in [-0.4, -0.2) is 17.8 Å². The summed E-state index contributed by atoms with van der Waals surface area (Å²) in [6.45, 7) is 0. The molecule has 118 valence electrons. The van der Waals surface area contributed by atoms with Gasteiger partial charge in [0.15, 0.2) is 11.5 Å². The molecule has 1 atom stereocenters. The van der Waals surface area contributed by atoms with Crippen LogP contribution in [0.4, 0.5) is 26.3 Å². The van der Waals surface area contributed by atoms with Crippen LogP contribution < -0.4 is 9.47 Å². The summed E-state index contributed by atoms with van der Waals surface area (Å²) in [5.41, 5.74) is -0.378. The number of ether oxygens (including phenoxy) is 2. The van der Waals surface area contributed by atoms with Gasteiger partial charge in [0.25, 0.3) is 0 Å². The lowest BCUT2D eigenvalue weighted by Crippen LogP contribution is -2.22. The summed E-state index contributed by atoms with van der Waals surface area (Å²) in [7, 11) is 0. The molecule has 21 heavy (non-hydrogen) atoms. The lowest BCUT2D eigenvalue weighted by atomic mass is 10.0. The summed E-state index contributed by atoms with van der Waals surface area (Å²) in [6.07, 6.45) is -10.6. The van der Waals surface area contributed by atoms with Gasteiger partial charge in [-0.1, -0.05) is 12.1 Å². The summed E-state index contributed by atoms with van der Waals surface area (Å²) < 4.78 is 81.0. The third-order valence-electron chi connectivity index (χ3n) is 2.84. The topological polar surface area (TPSA) is 38.7 Å². The Morgan fingerprint density at radius 1 is 1.00 bits per heavy atom. The summed E-state index contributed by atoms with van der Waals surface area (Å²) in [4.78, 5) is 0. The van der Waals surface area contributed by atoms with E-state index in [1.807, 2.05) is 0 Å². The Bertz CT molecular complexity index is 507. The lowest BCUT2D eigenvalue weighted by molar-refractivity contribution is -0.287. The molecule has 0 bridgehead atoms. The summed E-state index contributed by atoms with van der Waals surface area (Å²) >= 11 is 0. The van der Waals surface area contributed by atoms with Gasteiger partial charge in [0.05, 0.1) is 6.10 Å². The quantitative estimate of drug-likeness (QED) is 0.856. The van der Waals surface area contributed by atoms with Crippen molar-refractivity contribution in [2.45, 2.75) is 31.7 Å². The fraction of sp³-hybridized carbons (Fsp3) is 0.500. The fourth-order valence-electron chi connectivity index (χ4n) is 1.86. The van der Waals surface area contributed by atoms with Crippen LogP contribution in [-0.2, 0) is 0 Å². The van der Waals surface area contributed by atoms with Gasteiger partial charge in [-0.25, -0.2) is 0 Å². The van der Waals surface area contributed by atoms with Crippen molar-refractivity contribution in [3.05, 3.63) is 23.8 Å². The van der Waals surface area contributed by atoms with Crippen molar-refractivity contribution in [3.8, 4) is 11.5 Å². The third kappa shape index (κ3) is 4.42. The zero-order valence-electron chi connectivity index (χ0n) is 10.3. The molecule has 0 radical (unpaired) electrons. The number of benzene rings is 1. The molecule has 1 aliphatic rings. The fourth-order valence-corrected chi connectivity index (χ4v) is 1.86. The number of halogens is 6. The normalized spacial score (nSPS) is 17.5. The Labute approximate surface area is 115 Å². The molecule has 1 unspecified atom stereocenters. The minimum absolute atomic E-state index is 0.290. The van der Waals surface area contributed by atoms with Crippen molar-refractivity contribution in [2.24, 2.45) is 5.92 Å². The Hall–Kier alpha value is -1.64. The molecule has 2 rings (SSSR count). The first-order chi connectivity index (χ1) is 9.57. The number of rotatable bonds is 4. The highest BCUT2D eigenvalue weighted by molar-refractivity contribution is 5.48. The van der Waals surface area contributed by atoms with E-state index < -0.39 is 30.3 Å². The van der Waals surface area contributed by atoms with E-state index in [0.717, 1.165) is 12.1 Å². The van der Waals surface area contributed by atoms with Crippen molar-refractivity contribution >= 4 is 0 Å². The smallest absolute Gasteiger partial charge is 0.402 e. The predicted octanol–water partition coefficient (Wildman–Crippen LogP) is 3.93. The largest absolute Gasteiger partial charge is 0.573 e. The molecule has 1 aliphatic carbocycles. The second-order valence-electron chi connectivity index (χ2n) is 4.55. The van der Waals surface area contributed by atoms with Crippen LogP contribution in [0.15, 0.2) is 18.2 Å². The van der Waals surface area contributed by atoms with Gasteiger partial charge < -0.3 is 14.6 Å². The Kier molecular flexibility index (Phi) is 3.96. The third-order valence-corrected chi connectivity index (χ3v) is 2.84. The molecular weight excluding hydrogens is 306 g/mol. The summed E-state index contributed by atoms with van der Waals surface area (Å²) in [6, 6.07) is 2.83. The van der Waals surface area contributed by atoms with E-state index in [4.69, 9.17) is 0 Å². The van der Waals surface area contributed by atoms with Crippen LogP contribution in [0.25, 0.3) is 0 Å². The Morgan fingerprint density at radius 3 is 2.05 bits per heavy atom. The predicted molar refractivity (Wildman–Crippen MR) is 57.5 cm³/mol. The molecule has 1 aromatic carbocycles. The van der Waals surface area contributed by atoms with E-state index in [0.29, 0.717) is 18.9 Å². The molecule has 0 aromatic heterocycles. The highest BCUT2D eigenvalue weighted by Crippen LogP contribution is 2.47. The zero-order valence-corrected chi connectivity index (χ0v) is 10.3. The standard InChI is InChI=1S/C12H10F6O3/c13-11(14,15)20-8-3-1-2-7(9(19)6-4-5-6)10(8)21-12(16,17)18/h1-3,6,9,19H,4-5H2. The zero-order chi connectivity index (χ0) is 15.8. The molecule has 0 spiro atoms. The van der Waals surface area contributed by atoms with Crippen LogP contribution in [0.3, 0.4) is 0 Å². The van der Waals surface area contributed by atoms with Crippen molar-refractivity contribution in [1.82, 2.24) is 0 Å². The van der Waals surface area contributed by atoms with Crippen molar-refractivity contribution in [2.75, 3.05) is 0 Å². The van der Waals surface area contributed by atoms with E-state index in [1.54, 1.807) is 0 Å². The molecular formula is C12H10F6O3. The van der Waals surface area contributed by atoms with E-state index in [-0.39, 0.29) is 11.5 Å². The number of aliphatic hydroxyl groups excluding tert-OH is 1. The molecule has 0 saturated heterocycles. The second-order valence-corrected chi connectivity index (χ2v) is 4.55. The number of aliphatic hydroxyl groups is 1. The molecule has 1 N–H and O–H groups in total. The first-order valence-corrected chi connectivity index (χ1v) is 5.89. The van der Waals surface area contributed by atoms with Crippen LogP contribution in [0.5, 0.6) is 11.5 Å². The molecule has 0 amide bonds. The minimum Gasteiger partial charge on any atom is -0.402 e. The van der Waals surface area contributed by atoms with E-state index in [9.17, 15) is 31.4 Å². The van der Waals surface area contributed by atoms with Crippen LogP contribution in [0.1, 0.15) is 24.5 Å². The van der Waals surface area contributed by atoms with Gasteiger partial charge >= 0.3 is 12.7 Å². The molecule has 1 fully saturated rings. The monoisotopic (exact) mass is 316 g/mol. The van der Waals surface area contributed by atoms with Gasteiger partial charge in [-0.15, -0.1) is 26.3 Å². The van der Waals surface area contributed by atoms with Crippen LogP contribution >= 0.6 is 0 Å². The van der Waals surface area contributed by atoms with Gasteiger partial charge in [0, 0.05) is 5.56 Å². The highest BCUT2D eigenvalue weighted by Gasteiger charge is 2.40. The first kappa shape index (κ1) is 15.7. The number of hydrogen-bond donors (Lipinski definition) is 1. The van der Waals surface area contributed by atoms with Crippen LogP contribution in [0, 0.1) is 5.92 Å². The van der Waals surface area contributed by atoms with Gasteiger partial charge in [-0.05, 0) is 24.8 Å². The summed E-state index contributed by atoms with van der Waals surface area (Å²) in [5.74, 6) is -2.60. The molecule has 3 nitrogen and oxygen atoms in total. The van der Waals surface area contributed by atoms with Gasteiger partial charge in [-0.2, -0.15) is 0 Å². The molecule has 1 saturated carbocycles. The second kappa shape index (κ2) is 5.28. The maximum absolute atomic E-state index is 12.4. The van der Waals surface area contributed by atoms with E-state index >= 15 is 0 Å². The van der Waals surface area contributed by atoms with E-state index in [2.05, 4.69) is 9.47 Å². The lowest BCUT2D eigenvalue weighted by Gasteiger charge is -2.20.